The Morgan fingerprint density at radius 3 is 2.50 bits per heavy atom. The molecule has 0 aliphatic carbocycles. The number of thiophene rings is 1. The molecular formula is C15H15BrFNOS. The maximum Gasteiger partial charge on any atom is 0.262 e. The number of rotatable bonds is 4. The van der Waals surface area contributed by atoms with Crippen LogP contribution in [0.4, 0.5) is 4.39 Å². The minimum Gasteiger partial charge on any atom is -0.346 e. The first-order valence-electron chi connectivity index (χ1n) is 6.17. The number of carbonyl (C=O) groups is 1. The third kappa shape index (κ3) is 3.90. The summed E-state index contributed by atoms with van der Waals surface area (Å²) in [5.41, 5.74) is 0.583. The van der Waals surface area contributed by atoms with Crippen molar-refractivity contribution in [1.29, 1.82) is 0 Å². The molecule has 0 saturated heterocycles. The van der Waals surface area contributed by atoms with Crippen molar-refractivity contribution in [2.45, 2.75) is 25.8 Å². The van der Waals surface area contributed by atoms with Gasteiger partial charge in [-0.1, -0.05) is 12.1 Å². The molecule has 5 heteroatoms. The zero-order valence-electron chi connectivity index (χ0n) is 11.2. The number of amides is 1. The molecule has 0 aliphatic rings. The second-order valence-electron chi connectivity index (χ2n) is 5.24. The zero-order chi connectivity index (χ0) is 14.8. The van der Waals surface area contributed by atoms with Gasteiger partial charge in [0.15, 0.2) is 0 Å². The van der Waals surface area contributed by atoms with Crippen LogP contribution in [-0.2, 0) is 6.42 Å². The van der Waals surface area contributed by atoms with E-state index < -0.39 is 5.54 Å². The Morgan fingerprint density at radius 1 is 1.30 bits per heavy atom. The molecule has 0 spiro atoms. The van der Waals surface area contributed by atoms with E-state index in [0.29, 0.717) is 11.3 Å². The molecule has 1 aromatic heterocycles. The first kappa shape index (κ1) is 15.2. The van der Waals surface area contributed by atoms with Crippen LogP contribution in [0.1, 0.15) is 29.1 Å². The standard InChI is InChI=1S/C15H15BrFNOS/c1-15(2,9-10-3-5-11(17)6-4-10)18-14(19)13-12(16)7-8-20-13/h3-8H,9H2,1-2H3,(H,18,19). The van der Waals surface area contributed by atoms with E-state index in [1.165, 1.54) is 23.5 Å². The lowest BCUT2D eigenvalue weighted by Gasteiger charge is -2.26. The molecular weight excluding hydrogens is 341 g/mol. The average molecular weight is 356 g/mol. The Bertz CT molecular complexity index is 607. The molecule has 0 aliphatic heterocycles. The van der Waals surface area contributed by atoms with Gasteiger partial charge in [-0.2, -0.15) is 0 Å². The molecule has 1 aromatic carbocycles. The third-order valence-corrected chi connectivity index (χ3v) is 4.67. The van der Waals surface area contributed by atoms with Gasteiger partial charge in [0, 0.05) is 10.0 Å². The van der Waals surface area contributed by atoms with Crippen LogP contribution in [0.2, 0.25) is 0 Å². The summed E-state index contributed by atoms with van der Waals surface area (Å²) in [6.07, 6.45) is 0.641. The van der Waals surface area contributed by atoms with Gasteiger partial charge in [0.25, 0.3) is 5.91 Å². The van der Waals surface area contributed by atoms with Gasteiger partial charge in [-0.05, 0) is 65.3 Å². The van der Waals surface area contributed by atoms with Crippen LogP contribution in [0.3, 0.4) is 0 Å². The summed E-state index contributed by atoms with van der Waals surface area (Å²) in [6.45, 7) is 3.91. The highest BCUT2D eigenvalue weighted by atomic mass is 79.9. The number of hydrogen-bond donors (Lipinski definition) is 1. The number of hydrogen-bond acceptors (Lipinski definition) is 2. The molecule has 0 bridgehead atoms. The molecule has 0 fully saturated rings. The van der Waals surface area contributed by atoms with E-state index in [1.807, 2.05) is 25.3 Å². The van der Waals surface area contributed by atoms with Gasteiger partial charge in [-0.3, -0.25) is 4.79 Å². The third-order valence-electron chi connectivity index (χ3n) is 2.83. The highest BCUT2D eigenvalue weighted by Gasteiger charge is 2.23. The van der Waals surface area contributed by atoms with Gasteiger partial charge in [0.1, 0.15) is 10.7 Å². The lowest BCUT2D eigenvalue weighted by atomic mass is 9.95. The van der Waals surface area contributed by atoms with Gasteiger partial charge in [-0.15, -0.1) is 11.3 Å². The zero-order valence-corrected chi connectivity index (χ0v) is 13.6. The fourth-order valence-corrected chi connectivity index (χ4v) is 3.42. The molecule has 0 radical (unpaired) electrons. The van der Waals surface area contributed by atoms with Crippen molar-refractivity contribution < 1.29 is 9.18 Å². The van der Waals surface area contributed by atoms with Crippen LogP contribution in [0.15, 0.2) is 40.2 Å². The molecule has 0 unspecified atom stereocenters. The second kappa shape index (κ2) is 6.06. The minimum atomic E-state index is -0.404. The van der Waals surface area contributed by atoms with Crippen molar-refractivity contribution in [1.82, 2.24) is 5.32 Å². The number of halogens is 2. The van der Waals surface area contributed by atoms with E-state index in [0.717, 1.165) is 10.0 Å². The molecule has 2 nitrogen and oxygen atoms in total. The van der Waals surface area contributed by atoms with Gasteiger partial charge in [0.2, 0.25) is 0 Å². The maximum atomic E-state index is 12.9. The highest BCUT2D eigenvalue weighted by molar-refractivity contribution is 9.10. The van der Waals surface area contributed by atoms with Gasteiger partial charge in [0.05, 0.1) is 0 Å². The maximum absolute atomic E-state index is 12.9. The highest BCUT2D eigenvalue weighted by Crippen LogP contribution is 2.23. The molecule has 1 N–H and O–H groups in total. The summed E-state index contributed by atoms with van der Waals surface area (Å²) in [7, 11) is 0. The number of benzene rings is 1. The Balaban J connectivity index is 2.05. The molecule has 2 rings (SSSR count). The first-order chi connectivity index (χ1) is 9.37. The van der Waals surface area contributed by atoms with E-state index in [1.54, 1.807) is 12.1 Å². The van der Waals surface area contributed by atoms with E-state index in [-0.39, 0.29) is 11.7 Å². The number of nitrogens with one attached hydrogen (secondary N) is 1. The SMILES string of the molecule is CC(C)(Cc1ccc(F)cc1)NC(=O)c1sccc1Br. The fraction of sp³-hybridized carbons (Fsp3) is 0.267. The largest absolute Gasteiger partial charge is 0.346 e. The quantitative estimate of drug-likeness (QED) is 0.864. The van der Waals surface area contributed by atoms with Crippen molar-refractivity contribution >= 4 is 33.2 Å². The Labute approximate surface area is 130 Å². The van der Waals surface area contributed by atoms with E-state index in [9.17, 15) is 9.18 Å². The summed E-state index contributed by atoms with van der Waals surface area (Å²) < 4.78 is 13.7. The predicted molar refractivity (Wildman–Crippen MR) is 83.7 cm³/mol. The van der Waals surface area contributed by atoms with Crippen LogP contribution in [0, 0.1) is 5.82 Å². The van der Waals surface area contributed by atoms with Crippen LogP contribution in [0.5, 0.6) is 0 Å². The fourth-order valence-electron chi connectivity index (χ4n) is 1.98. The Kier molecular flexibility index (Phi) is 4.60. The molecule has 0 atom stereocenters. The summed E-state index contributed by atoms with van der Waals surface area (Å²) in [5, 5.41) is 4.88. The van der Waals surface area contributed by atoms with Crippen molar-refractivity contribution in [2.75, 3.05) is 0 Å². The molecule has 106 valence electrons. The summed E-state index contributed by atoms with van der Waals surface area (Å²) >= 11 is 4.76. The van der Waals surface area contributed by atoms with E-state index in [2.05, 4.69) is 21.2 Å². The smallest absolute Gasteiger partial charge is 0.262 e. The van der Waals surface area contributed by atoms with Crippen LogP contribution in [0.25, 0.3) is 0 Å². The number of carbonyl (C=O) groups excluding carboxylic acids is 1. The molecule has 0 saturated carbocycles. The van der Waals surface area contributed by atoms with Crippen LogP contribution >= 0.6 is 27.3 Å². The van der Waals surface area contributed by atoms with Gasteiger partial charge < -0.3 is 5.32 Å². The van der Waals surface area contributed by atoms with Crippen LogP contribution in [-0.4, -0.2) is 11.4 Å². The summed E-state index contributed by atoms with van der Waals surface area (Å²) in [5.74, 6) is -0.350. The predicted octanol–water partition coefficient (Wildman–Crippen LogP) is 4.40. The topological polar surface area (TPSA) is 29.1 Å². The van der Waals surface area contributed by atoms with Gasteiger partial charge >= 0.3 is 0 Å². The van der Waals surface area contributed by atoms with Gasteiger partial charge in [-0.25, -0.2) is 4.39 Å². The normalized spacial score (nSPS) is 11.4. The Hall–Kier alpha value is -1.20. The lowest BCUT2D eigenvalue weighted by molar-refractivity contribution is 0.0916. The summed E-state index contributed by atoms with van der Waals surface area (Å²) in [6, 6.07) is 8.20. The summed E-state index contributed by atoms with van der Waals surface area (Å²) in [4.78, 5) is 12.9. The first-order valence-corrected chi connectivity index (χ1v) is 7.85. The van der Waals surface area contributed by atoms with E-state index in [4.69, 9.17) is 0 Å². The van der Waals surface area contributed by atoms with Crippen molar-refractivity contribution in [3.8, 4) is 0 Å². The van der Waals surface area contributed by atoms with Crippen molar-refractivity contribution in [3.05, 3.63) is 56.4 Å². The van der Waals surface area contributed by atoms with Crippen molar-refractivity contribution in [3.63, 3.8) is 0 Å². The van der Waals surface area contributed by atoms with Crippen LogP contribution < -0.4 is 5.32 Å². The van der Waals surface area contributed by atoms with Crippen molar-refractivity contribution in [2.24, 2.45) is 0 Å². The molecule has 2 aromatic rings. The lowest BCUT2D eigenvalue weighted by Crippen LogP contribution is -2.45. The second-order valence-corrected chi connectivity index (χ2v) is 7.01. The average Bonchev–Trinajstić information content (AvgIpc) is 2.77. The molecule has 1 amide bonds. The molecule has 1 heterocycles. The molecule has 20 heavy (non-hydrogen) atoms. The Morgan fingerprint density at radius 2 is 1.95 bits per heavy atom. The van der Waals surface area contributed by atoms with E-state index >= 15 is 0 Å². The monoisotopic (exact) mass is 355 g/mol. The minimum absolute atomic E-state index is 0.0982.